The Morgan fingerprint density at radius 3 is 2.72 bits per heavy atom. The Kier molecular flexibility index (Phi) is 5.11. The normalized spacial score (nSPS) is 14.8. The highest BCUT2D eigenvalue weighted by molar-refractivity contribution is 5.79. The highest BCUT2D eigenvalue weighted by Crippen LogP contribution is 2.38. The van der Waals surface area contributed by atoms with Crippen molar-refractivity contribution >= 4 is 5.91 Å². The van der Waals surface area contributed by atoms with Crippen molar-refractivity contribution in [1.82, 2.24) is 15.1 Å². The molecule has 1 fully saturated rings. The summed E-state index contributed by atoms with van der Waals surface area (Å²) in [5.74, 6) is 0.302. The van der Waals surface area contributed by atoms with E-state index in [1.807, 2.05) is 0 Å². The van der Waals surface area contributed by atoms with E-state index in [0.29, 0.717) is 11.7 Å². The number of nitrogens with zero attached hydrogens (tertiary/aromatic N) is 2. The number of carbonyl (C=O) groups is 1. The maximum absolute atomic E-state index is 12.8. The maximum atomic E-state index is 12.8. The molecular weight excluding hydrogens is 325 g/mol. The summed E-state index contributed by atoms with van der Waals surface area (Å²) in [6.07, 6.45) is 2.15. The predicted molar refractivity (Wildman–Crippen MR) is 90.1 cm³/mol. The van der Waals surface area contributed by atoms with Crippen molar-refractivity contribution in [3.63, 3.8) is 0 Å². The van der Waals surface area contributed by atoms with Crippen molar-refractivity contribution in [3.8, 4) is 5.75 Å². The molecule has 1 aromatic heterocycles. The van der Waals surface area contributed by atoms with Crippen LogP contribution in [-0.4, -0.2) is 28.8 Å². The van der Waals surface area contributed by atoms with Crippen LogP contribution in [0.5, 0.6) is 5.75 Å². The standard InChI is InChI=1S/C18H20FN3O3/c1-12(22-17(23)9-8-16(21-22)13-2-3-13)18(24)20-10-11-25-15-6-4-14(19)5-7-15/h4-9,12-13H,2-3,10-11H2,1H3,(H,20,24). The Hall–Kier alpha value is -2.70. The summed E-state index contributed by atoms with van der Waals surface area (Å²) in [6, 6.07) is 8.15. The van der Waals surface area contributed by atoms with E-state index < -0.39 is 6.04 Å². The van der Waals surface area contributed by atoms with E-state index in [-0.39, 0.29) is 30.4 Å². The number of ether oxygens (including phenoxy) is 1. The molecule has 3 rings (SSSR count). The Morgan fingerprint density at radius 2 is 2.04 bits per heavy atom. The first-order valence-corrected chi connectivity index (χ1v) is 8.30. The van der Waals surface area contributed by atoms with Crippen LogP contribution in [-0.2, 0) is 4.79 Å². The fourth-order valence-electron chi connectivity index (χ4n) is 2.45. The number of aromatic nitrogens is 2. The van der Waals surface area contributed by atoms with Gasteiger partial charge < -0.3 is 10.1 Å². The van der Waals surface area contributed by atoms with Crippen molar-refractivity contribution in [1.29, 1.82) is 0 Å². The zero-order valence-electron chi connectivity index (χ0n) is 13.9. The van der Waals surface area contributed by atoms with Crippen molar-refractivity contribution in [3.05, 3.63) is 58.3 Å². The molecule has 2 aromatic rings. The minimum Gasteiger partial charge on any atom is -0.492 e. The van der Waals surface area contributed by atoms with Crippen LogP contribution in [0.2, 0.25) is 0 Å². The van der Waals surface area contributed by atoms with Gasteiger partial charge in [-0.05, 0) is 50.1 Å². The Bertz CT molecular complexity index is 800. The van der Waals surface area contributed by atoms with Crippen LogP contribution >= 0.6 is 0 Å². The van der Waals surface area contributed by atoms with E-state index in [0.717, 1.165) is 18.5 Å². The molecule has 25 heavy (non-hydrogen) atoms. The molecular formula is C18H20FN3O3. The molecule has 1 aliphatic carbocycles. The van der Waals surface area contributed by atoms with Gasteiger partial charge >= 0.3 is 0 Å². The fourth-order valence-corrected chi connectivity index (χ4v) is 2.45. The molecule has 1 atom stereocenters. The van der Waals surface area contributed by atoms with Crippen LogP contribution in [0, 0.1) is 5.82 Å². The summed E-state index contributed by atoms with van der Waals surface area (Å²) in [6.45, 7) is 2.16. The molecule has 6 nitrogen and oxygen atoms in total. The maximum Gasteiger partial charge on any atom is 0.267 e. The van der Waals surface area contributed by atoms with Gasteiger partial charge in [-0.1, -0.05) is 0 Å². The lowest BCUT2D eigenvalue weighted by molar-refractivity contribution is -0.124. The summed E-state index contributed by atoms with van der Waals surface area (Å²) in [5.41, 5.74) is 0.563. The Balaban J connectivity index is 1.51. The van der Waals surface area contributed by atoms with Gasteiger partial charge in [0.25, 0.3) is 5.56 Å². The molecule has 1 saturated carbocycles. The zero-order chi connectivity index (χ0) is 17.8. The second-order valence-corrected chi connectivity index (χ2v) is 6.08. The minimum absolute atomic E-state index is 0.245. The third-order valence-electron chi connectivity index (χ3n) is 4.07. The summed E-state index contributed by atoms with van der Waals surface area (Å²) >= 11 is 0. The van der Waals surface area contributed by atoms with Crippen LogP contribution in [0.3, 0.4) is 0 Å². The predicted octanol–water partition coefficient (Wildman–Crippen LogP) is 2.02. The van der Waals surface area contributed by atoms with Crippen LogP contribution in [0.25, 0.3) is 0 Å². The molecule has 1 unspecified atom stereocenters. The molecule has 0 spiro atoms. The summed E-state index contributed by atoms with van der Waals surface area (Å²) in [5, 5.41) is 7.03. The monoisotopic (exact) mass is 345 g/mol. The average molecular weight is 345 g/mol. The van der Waals surface area contributed by atoms with Gasteiger partial charge in [0.05, 0.1) is 12.2 Å². The van der Waals surface area contributed by atoms with Gasteiger partial charge in [-0.25, -0.2) is 9.07 Å². The lowest BCUT2D eigenvalue weighted by Crippen LogP contribution is -2.38. The number of hydrogen-bond acceptors (Lipinski definition) is 4. The second kappa shape index (κ2) is 7.46. The van der Waals surface area contributed by atoms with Gasteiger partial charge in [0.1, 0.15) is 24.2 Å². The highest BCUT2D eigenvalue weighted by atomic mass is 19.1. The summed E-state index contributed by atoms with van der Waals surface area (Å²) in [4.78, 5) is 24.2. The van der Waals surface area contributed by atoms with E-state index >= 15 is 0 Å². The summed E-state index contributed by atoms with van der Waals surface area (Å²) < 4.78 is 19.4. The van der Waals surface area contributed by atoms with Crippen molar-refractivity contribution in [2.45, 2.75) is 31.7 Å². The molecule has 1 aliphatic rings. The first-order valence-electron chi connectivity index (χ1n) is 8.30. The molecule has 132 valence electrons. The van der Waals surface area contributed by atoms with Gasteiger partial charge in [0.15, 0.2) is 0 Å². The molecule has 1 aromatic carbocycles. The topological polar surface area (TPSA) is 73.2 Å². The third-order valence-corrected chi connectivity index (χ3v) is 4.07. The van der Waals surface area contributed by atoms with Crippen molar-refractivity contribution in [2.24, 2.45) is 0 Å². The van der Waals surface area contributed by atoms with Crippen LogP contribution in [0.15, 0.2) is 41.2 Å². The van der Waals surface area contributed by atoms with E-state index in [2.05, 4.69) is 10.4 Å². The first-order chi connectivity index (χ1) is 12.0. The smallest absolute Gasteiger partial charge is 0.267 e. The van der Waals surface area contributed by atoms with Gasteiger partial charge in [-0.3, -0.25) is 9.59 Å². The van der Waals surface area contributed by atoms with Crippen molar-refractivity contribution in [2.75, 3.05) is 13.2 Å². The quantitative estimate of drug-likeness (QED) is 0.779. The van der Waals surface area contributed by atoms with Gasteiger partial charge in [0, 0.05) is 12.0 Å². The van der Waals surface area contributed by atoms with Crippen LogP contribution in [0.4, 0.5) is 4.39 Å². The van der Waals surface area contributed by atoms with E-state index in [1.54, 1.807) is 13.0 Å². The van der Waals surface area contributed by atoms with Crippen LogP contribution < -0.4 is 15.6 Å². The zero-order valence-corrected chi connectivity index (χ0v) is 13.9. The highest BCUT2D eigenvalue weighted by Gasteiger charge is 2.27. The largest absolute Gasteiger partial charge is 0.492 e. The van der Waals surface area contributed by atoms with E-state index in [1.165, 1.54) is 35.0 Å². The van der Waals surface area contributed by atoms with E-state index in [9.17, 15) is 14.0 Å². The molecule has 0 bridgehead atoms. The van der Waals surface area contributed by atoms with Crippen LogP contribution in [0.1, 0.15) is 37.4 Å². The molecule has 0 saturated heterocycles. The molecule has 0 radical (unpaired) electrons. The molecule has 0 aliphatic heterocycles. The van der Waals surface area contributed by atoms with Gasteiger partial charge in [0.2, 0.25) is 5.91 Å². The number of rotatable bonds is 7. The number of nitrogens with one attached hydrogen (secondary N) is 1. The summed E-state index contributed by atoms with van der Waals surface area (Å²) in [7, 11) is 0. The van der Waals surface area contributed by atoms with E-state index in [4.69, 9.17) is 4.74 Å². The number of halogens is 1. The lowest BCUT2D eigenvalue weighted by Gasteiger charge is -2.15. The molecule has 1 amide bonds. The van der Waals surface area contributed by atoms with Gasteiger partial charge in [-0.15, -0.1) is 0 Å². The Labute approximate surface area is 144 Å². The number of benzene rings is 1. The third kappa shape index (κ3) is 4.43. The number of carbonyl (C=O) groups excluding carboxylic acids is 1. The van der Waals surface area contributed by atoms with Crippen molar-refractivity contribution < 1.29 is 13.9 Å². The SMILES string of the molecule is CC(C(=O)NCCOc1ccc(F)cc1)n1nc(C2CC2)ccc1=O. The fraction of sp³-hybridized carbons (Fsp3) is 0.389. The molecule has 1 N–H and O–H groups in total. The minimum atomic E-state index is -0.697. The average Bonchev–Trinajstić information content (AvgIpc) is 3.45. The number of amides is 1. The number of hydrogen-bond donors (Lipinski definition) is 1. The first kappa shape index (κ1) is 17.1. The molecule has 7 heteroatoms. The lowest BCUT2D eigenvalue weighted by atomic mass is 10.2. The van der Waals surface area contributed by atoms with Gasteiger partial charge in [-0.2, -0.15) is 5.10 Å². The molecule has 1 heterocycles. The Morgan fingerprint density at radius 1 is 1.32 bits per heavy atom. The second-order valence-electron chi connectivity index (χ2n) is 6.08.